The first-order valence-corrected chi connectivity index (χ1v) is 5.49. The number of aromatic hydroxyl groups is 1. The highest BCUT2D eigenvalue weighted by atomic mass is 16.5. The Bertz CT molecular complexity index is 525. The number of hydrogen-bond acceptors (Lipinski definition) is 6. The summed E-state index contributed by atoms with van der Waals surface area (Å²) >= 11 is 0. The molecule has 7 heteroatoms. The van der Waals surface area contributed by atoms with Crippen molar-refractivity contribution in [3.63, 3.8) is 0 Å². The summed E-state index contributed by atoms with van der Waals surface area (Å²) in [5.74, 6) is -2.47. The Hall–Kier alpha value is -2.57. The molecule has 0 atom stereocenters. The van der Waals surface area contributed by atoms with Crippen LogP contribution in [0.5, 0.6) is 5.75 Å². The molecule has 0 saturated heterocycles. The van der Waals surface area contributed by atoms with Crippen LogP contribution in [0.3, 0.4) is 0 Å². The zero-order valence-electron chi connectivity index (χ0n) is 10.5. The van der Waals surface area contributed by atoms with E-state index in [9.17, 15) is 14.7 Å². The van der Waals surface area contributed by atoms with Gasteiger partial charge in [0.2, 0.25) is 0 Å². The maximum Gasteiger partial charge on any atom is 0.347 e. The van der Waals surface area contributed by atoms with Gasteiger partial charge in [-0.2, -0.15) is 0 Å². The van der Waals surface area contributed by atoms with Gasteiger partial charge in [0.05, 0.1) is 6.61 Å². The highest BCUT2D eigenvalue weighted by molar-refractivity contribution is 6.14. The lowest BCUT2D eigenvalue weighted by Crippen LogP contribution is -2.19. The third-order valence-electron chi connectivity index (χ3n) is 2.16. The van der Waals surface area contributed by atoms with Crippen LogP contribution >= 0.6 is 0 Å². The standard InChI is InChI=1S/C12H14N2O5/c1-3-19-12(18)9(11(16)17)7(2)14-10-8(15)5-4-6-13-10/h4-6,15H,3H2,1-2H3,(H,13,14)(H,16,17). The number of nitrogens with one attached hydrogen (secondary N) is 1. The van der Waals surface area contributed by atoms with Crippen molar-refractivity contribution in [1.82, 2.24) is 4.98 Å². The molecule has 1 aromatic heterocycles. The van der Waals surface area contributed by atoms with Crippen molar-refractivity contribution in [2.45, 2.75) is 13.8 Å². The molecule has 0 fully saturated rings. The molecule has 7 nitrogen and oxygen atoms in total. The van der Waals surface area contributed by atoms with Gasteiger partial charge in [-0.15, -0.1) is 0 Å². The van der Waals surface area contributed by atoms with Gasteiger partial charge in [-0.25, -0.2) is 14.6 Å². The zero-order chi connectivity index (χ0) is 14.4. The molecule has 0 unspecified atom stereocenters. The number of esters is 1. The van der Waals surface area contributed by atoms with Crippen molar-refractivity contribution in [2.24, 2.45) is 0 Å². The number of aliphatic carboxylic acids is 1. The van der Waals surface area contributed by atoms with Gasteiger partial charge in [-0.3, -0.25) is 0 Å². The predicted octanol–water partition coefficient (Wildman–Crippen LogP) is 1.12. The summed E-state index contributed by atoms with van der Waals surface area (Å²) in [7, 11) is 0. The number of hydrogen-bond donors (Lipinski definition) is 3. The van der Waals surface area contributed by atoms with Crippen LogP contribution in [0.4, 0.5) is 5.82 Å². The molecule has 0 aliphatic rings. The number of nitrogens with zero attached hydrogens (tertiary/aromatic N) is 1. The van der Waals surface area contributed by atoms with E-state index in [0.717, 1.165) is 0 Å². The van der Waals surface area contributed by atoms with E-state index in [4.69, 9.17) is 5.11 Å². The molecule has 19 heavy (non-hydrogen) atoms. The summed E-state index contributed by atoms with van der Waals surface area (Å²) in [5, 5.41) is 21.1. The number of anilines is 1. The van der Waals surface area contributed by atoms with Crippen LogP contribution in [0.15, 0.2) is 29.6 Å². The number of carbonyl (C=O) groups is 2. The second-order valence-electron chi connectivity index (χ2n) is 3.52. The quantitative estimate of drug-likeness (QED) is 0.317. The first-order chi connectivity index (χ1) is 8.97. The van der Waals surface area contributed by atoms with E-state index in [-0.39, 0.29) is 23.9 Å². The van der Waals surface area contributed by atoms with Crippen molar-refractivity contribution < 1.29 is 24.5 Å². The van der Waals surface area contributed by atoms with Gasteiger partial charge in [0.1, 0.15) is 0 Å². The number of carboxylic acids is 1. The van der Waals surface area contributed by atoms with E-state index in [1.165, 1.54) is 25.3 Å². The van der Waals surface area contributed by atoms with Crippen LogP contribution in [0, 0.1) is 0 Å². The molecule has 0 saturated carbocycles. The molecule has 1 heterocycles. The smallest absolute Gasteiger partial charge is 0.347 e. The molecule has 0 aliphatic heterocycles. The molecule has 0 amide bonds. The molecule has 0 bridgehead atoms. The summed E-state index contributed by atoms with van der Waals surface area (Å²) < 4.78 is 4.65. The molecule has 102 valence electrons. The van der Waals surface area contributed by atoms with E-state index in [0.29, 0.717) is 0 Å². The lowest BCUT2D eigenvalue weighted by atomic mass is 10.2. The maximum atomic E-state index is 11.5. The van der Waals surface area contributed by atoms with E-state index >= 15 is 0 Å². The van der Waals surface area contributed by atoms with Crippen molar-refractivity contribution in [3.05, 3.63) is 29.6 Å². The molecule has 0 radical (unpaired) electrons. The number of carboxylic acid groups (broad SMARTS) is 1. The van der Waals surface area contributed by atoms with Gasteiger partial charge in [0, 0.05) is 11.9 Å². The minimum atomic E-state index is -1.42. The Morgan fingerprint density at radius 1 is 1.47 bits per heavy atom. The lowest BCUT2D eigenvalue weighted by molar-refractivity contribution is -0.143. The fraction of sp³-hybridized carbons (Fsp3) is 0.250. The highest BCUT2D eigenvalue weighted by Crippen LogP contribution is 2.21. The predicted molar refractivity (Wildman–Crippen MR) is 66.5 cm³/mol. The van der Waals surface area contributed by atoms with Crippen LogP contribution in [0.2, 0.25) is 0 Å². The number of aromatic nitrogens is 1. The third kappa shape index (κ3) is 3.70. The van der Waals surface area contributed by atoms with E-state index in [1.807, 2.05) is 0 Å². The Labute approximate surface area is 109 Å². The average Bonchev–Trinajstić information content (AvgIpc) is 2.32. The lowest BCUT2D eigenvalue weighted by Gasteiger charge is -2.10. The number of carbonyl (C=O) groups excluding carboxylic acids is 1. The Morgan fingerprint density at radius 3 is 2.68 bits per heavy atom. The van der Waals surface area contributed by atoms with Crippen molar-refractivity contribution in [1.29, 1.82) is 0 Å². The van der Waals surface area contributed by atoms with Gasteiger partial charge >= 0.3 is 11.9 Å². The molecule has 1 rings (SSSR count). The number of ether oxygens (including phenoxy) is 1. The van der Waals surface area contributed by atoms with Crippen LogP contribution in [-0.4, -0.2) is 33.7 Å². The largest absolute Gasteiger partial charge is 0.504 e. The van der Waals surface area contributed by atoms with Gasteiger partial charge in [0.15, 0.2) is 17.1 Å². The summed E-state index contributed by atoms with van der Waals surface area (Å²) in [5.41, 5.74) is -0.508. The number of pyridine rings is 1. The fourth-order valence-electron chi connectivity index (χ4n) is 1.34. The van der Waals surface area contributed by atoms with Gasteiger partial charge < -0.3 is 20.3 Å². The van der Waals surface area contributed by atoms with Crippen LogP contribution in [0.25, 0.3) is 0 Å². The summed E-state index contributed by atoms with van der Waals surface area (Å²) in [6.07, 6.45) is 1.42. The minimum absolute atomic E-state index is 0.0277. The van der Waals surface area contributed by atoms with Gasteiger partial charge in [0.25, 0.3) is 0 Å². The van der Waals surface area contributed by atoms with Gasteiger partial charge in [-0.05, 0) is 26.0 Å². The first kappa shape index (κ1) is 14.5. The second-order valence-corrected chi connectivity index (χ2v) is 3.52. The fourth-order valence-corrected chi connectivity index (χ4v) is 1.34. The minimum Gasteiger partial charge on any atom is -0.504 e. The van der Waals surface area contributed by atoms with E-state index in [1.54, 1.807) is 6.92 Å². The Kier molecular flexibility index (Phi) is 4.87. The zero-order valence-corrected chi connectivity index (χ0v) is 10.5. The van der Waals surface area contributed by atoms with Crippen LogP contribution in [0.1, 0.15) is 13.8 Å². The van der Waals surface area contributed by atoms with Crippen molar-refractivity contribution >= 4 is 17.8 Å². The maximum absolute atomic E-state index is 11.5. The molecule has 3 N–H and O–H groups in total. The second kappa shape index (κ2) is 6.39. The SMILES string of the molecule is CCOC(=O)C(C(=O)O)=C(C)Nc1ncccc1O. The monoisotopic (exact) mass is 266 g/mol. The molecular formula is C12H14N2O5. The topological polar surface area (TPSA) is 109 Å². The molecule has 1 aromatic rings. The normalized spacial score (nSPS) is 11.5. The molecule has 0 aliphatic carbocycles. The van der Waals surface area contributed by atoms with Gasteiger partial charge in [-0.1, -0.05) is 0 Å². The highest BCUT2D eigenvalue weighted by Gasteiger charge is 2.22. The summed E-state index contributed by atoms with van der Waals surface area (Å²) in [4.78, 5) is 26.4. The number of rotatable bonds is 5. The first-order valence-electron chi connectivity index (χ1n) is 5.49. The van der Waals surface area contributed by atoms with E-state index in [2.05, 4.69) is 15.0 Å². The van der Waals surface area contributed by atoms with E-state index < -0.39 is 17.5 Å². The summed E-state index contributed by atoms with van der Waals surface area (Å²) in [6, 6.07) is 2.90. The number of allylic oxidation sites excluding steroid dienone is 1. The summed E-state index contributed by atoms with van der Waals surface area (Å²) in [6.45, 7) is 3.02. The Morgan fingerprint density at radius 2 is 2.16 bits per heavy atom. The molecule has 0 aromatic carbocycles. The third-order valence-corrected chi connectivity index (χ3v) is 2.16. The Balaban J connectivity index is 3.07. The van der Waals surface area contributed by atoms with Crippen LogP contribution < -0.4 is 5.32 Å². The van der Waals surface area contributed by atoms with Crippen LogP contribution in [-0.2, 0) is 14.3 Å². The average molecular weight is 266 g/mol. The molecular weight excluding hydrogens is 252 g/mol. The van der Waals surface area contributed by atoms with Crippen molar-refractivity contribution in [2.75, 3.05) is 11.9 Å². The molecule has 0 spiro atoms. The van der Waals surface area contributed by atoms with Crippen molar-refractivity contribution in [3.8, 4) is 5.75 Å².